The molecule has 0 fully saturated rings. The Hall–Kier alpha value is -2.56. The lowest BCUT2D eigenvalue weighted by atomic mass is 9.86. The number of amides is 2. The van der Waals surface area contributed by atoms with Gasteiger partial charge in [-0.1, -0.05) is 0 Å². The Bertz CT molecular complexity index is 718. The predicted molar refractivity (Wildman–Crippen MR) is 83.8 cm³/mol. The minimum atomic E-state index is -0.579. The zero-order valence-corrected chi connectivity index (χ0v) is 12.6. The van der Waals surface area contributed by atoms with E-state index < -0.39 is 5.41 Å². The van der Waals surface area contributed by atoms with Gasteiger partial charge in [0.1, 0.15) is 5.76 Å². The number of nitrogens with one attached hydrogen (secondary N) is 2. The van der Waals surface area contributed by atoms with Crippen molar-refractivity contribution in [1.82, 2.24) is 0 Å². The molecular formula is C17H18N2O3. The molecule has 22 heavy (non-hydrogen) atoms. The Morgan fingerprint density at radius 3 is 2.86 bits per heavy atom. The number of fused-ring (bicyclic) bond motifs is 1. The van der Waals surface area contributed by atoms with Crippen LogP contribution in [0.4, 0.5) is 11.4 Å². The van der Waals surface area contributed by atoms with Crippen molar-refractivity contribution in [2.24, 2.45) is 0 Å². The van der Waals surface area contributed by atoms with Crippen LogP contribution in [0, 0.1) is 0 Å². The largest absolute Gasteiger partial charge is 0.469 e. The van der Waals surface area contributed by atoms with Gasteiger partial charge in [-0.2, -0.15) is 0 Å². The second-order valence-corrected chi connectivity index (χ2v) is 5.97. The number of hydrogen-bond acceptors (Lipinski definition) is 3. The molecule has 5 heteroatoms. The highest BCUT2D eigenvalue weighted by molar-refractivity contribution is 6.06. The molecule has 0 saturated heterocycles. The number of anilines is 2. The standard InChI is InChI=1S/C17H18N2O3/c1-17(2)13-10-11(5-7-14(13)19-16(17)21)18-15(20)8-6-12-4-3-9-22-12/h3-5,7,9-10H,6,8H2,1-2H3,(H,18,20)(H,19,21). The molecule has 1 aliphatic rings. The first-order chi connectivity index (χ1) is 10.5. The third-order valence-corrected chi connectivity index (χ3v) is 3.97. The van der Waals surface area contributed by atoms with Gasteiger partial charge in [-0.05, 0) is 49.7 Å². The van der Waals surface area contributed by atoms with Gasteiger partial charge in [0.25, 0.3) is 0 Å². The van der Waals surface area contributed by atoms with Gasteiger partial charge in [-0.15, -0.1) is 0 Å². The molecule has 0 atom stereocenters. The molecule has 0 spiro atoms. The lowest BCUT2D eigenvalue weighted by Crippen LogP contribution is -2.26. The zero-order chi connectivity index (χ0) is 15.7. The maximum absolute atomic E-state index is 12.0. The van der Waals surface area contributed by atoms with Crippen LogP contribution in [0.2, 0.25) is 0 Å². The highest BCUT2D eigenvalue weighted by Crippen LogP contribution is 2.38. The smallest absolute Gasteiger partial charge is 0.234 e. The third-order valence-electron chi connectivity index (χ3n) is 3.97. The van der Waals surface area contributed by atoms with E-state index >= 15 is 0 Å². The third kappa shape index (κ3) is 2.62. The van der Waals surface area contributed by atoms with Crippen LogP contribution in [0.5, 0.6) is 0 Å². The van der Waals surface area contributed by atoms with Crippen molar-refractivity contribution in [3.8, 4) is 0 Å². The van der Waals surface area contributed by atoms with Crippen LogP contribution in [0.25, 0.3) is 0 Å². The highest BCUT2D eigenvalue weighted by Gasteiger charge is 2.38. The molecule has 5 nitrogen and oxygen atoms in total. The zero-order valence-electron chi connectivity index (χ0n) is 12.6. The van der Waals surface area contributed by atoms with Crippen LogP contribution in [0.1, 0.15) is 31.6 Å². The first kappa shape index (κ1) is 14.4. The maximum atomic E-state index is 12.0. The summed E-state index contributed by atoms with van der Waals surface area (Å²) >= 11 is 0. The molecule has 2 aromatic rings. The molecule has 0 saturated carbocycles. The second-order valence-electron chi connectivity index (χ2n) is 5.97. The quantitative estimate of drug-likeness (QED) is 0.911. The summed E-state index contributed by atoms with van der Waals surface area (Å²) in [5, 5.41) is 5.71. The van der Waals surface area contributed by atoms with Crippen molar-refractivity contribution in [2.45, 2.75) is 32.1 Å². The molecule has 3 rings (SSSR count). The number of rotatable bonds is 4. The van der Waals surface area contributed by atoms with E-state index in [1.807, 2.05) is 32.0 Å². The highest BCUT2D eigenvalue weighted by atomic mass is 16.3. The molecule has 2 N–H and O–H groups in total. The van der Waals surface area contributed by atoms with Crippen LogP contribution in [-0.4, -0.2) is 11.8 Å². The first-order valence-corrected chi connectivity index (χ1v) is 7.25. The minimum absolute atomic E-state index is 0.0243. The van der Waals surface area contributed by atoms with Crippen molar-refractivity contribution in [1.29, 1.82) is 0 Å². The number of furan rings is 1. The van der Waals surface area contributed by atoms with Crippen molar-refractivity contribution in [3.63, 3.8) is 0 Å². The molecule has 0 radical (unpaired) electrons. The molecule has 2 heterocycles. The van der Waals surface area contributed by atoms with Gasteiger partial charge in [0.15, 0.2) is 0 Å². The van der Waals surface area contributed by atoms with E-state index in [-0.39, 0.29) is 11.8 Å². The summed E-state index contributed by atoms with van der Waals surface area (Å²) in [7, 11) is 0. The second kappa shape index (κ2) is 5.33. The first-order valence-electron chi connectivity index (χ1n) is 7.25. The Morgan fingerprint density at radius 1 is 1.32 bits per heavy atom. The van der Waals surface area contributed by atoms with Gasteiger partial charge in [-0.25, -0.2) is 0 Å². The normalized spacial score (nSPS) is 15.3. The predicted octanol–water partition coefficient (Wildman–Crippen LogP) is 3.08. The Balaban J connectivity index is 1.68. The number of aryl methyl sites for hydroxylation is 1. The van der Waals surface area contributed by atoms with Gasteiger partial charge in [0, 0.05) is 24.2 Å². The molecular weight excluding hydrogens is 280 g/mol. The van der Waals surface area contributed by atoms with Crippen LogP contribution >= 0.6 is 0 Å². The number of carbonyl (C=O) groups is 2. The van der Waals surface area contributed by atoms with Crippen molar-refractivity contribution in [2.75, 3.05) is 10.6 Å². The lowest BCUT2D eigenvalue weighted by molar-refractivity contribution is -0.119. The fraction of sp³-hybridized carbons (Fsp3) is 0.294. The SMILES string of the molecule is CC1(C)C(=O)Nc2ccc(NC(=O)CCc3ccco3)cc21. The van der Waals surface area contributed by atoms with Crippen molar-refractivity contribution < 1.29 is 14.0 Å². The van der Waals surface area contributed by atoms with E-state index in [4.69, 9.17) is 4.42 Å². The Kier molecular flexibility index (Phi) is 3.48. The van der Waals surface area contributed by atoms with E-state index in [0.717, 1.165) is 17.0 Å². The van der Waals surface area contributed by atoms with Crippen LogP contribution < -0.4 is 10.6 Å². The van der Waals surface area contributed by atoms with Crippen LogP contribution in [-0.2, 0) is 21.4 Å². The number of hydrogen-bond donors (Lipinski definition) is 2. The minimum Gasteiger partial charge on any atom is -0.469 e. The van der Waals surface area contributed by atoms with Crippen molar-refractivity contribution >= 4 is 23.2 Å². The molecule has 0 unspecified atom stereocenters. The molecule has 114 valence electrons. The number of carbonyl (C=O) groups excluding carboxylic acids is 2. The van der Waals surface area contributed by atoms with Gasteiger partial charge in [-0.3, -0.25) is 9.59 Å². The van der Waals surface area contributed by atoms with E-state index in [0.29, 0.717) is 18.5 Å². The van der Waals surface area contributed by atoms with Gasteiger partial charge < -0.3 is 15.1 Å². The number of benzene rings is 1. The lowest BCUT2D eigenvalue weighted by Gasteiger charge is -2.16. The summed E-state index contributed by atoms with van der Waals surface area (Å²) in [4.78, 5) is 23.9. The molecule has 1 aromatic heterocycles. The van der Waals surface area contributed by atoms with E-state index in [9.17, 15) is 9.59 Å². The average molecular weight is 298 g/mol. The van der Waals surface area contributed by atoms with Gasteiger partial charge in [0.2, 0.25) is 11.8 Å². The average Bonchev–Trinajstić information content (AvgIpc) is 3.06. The topological polar surface area (TPSA) is 71.3 Å². The fourth-order valence-electron chi connectivity index (χ4n) is 2.56. The van der Waals surface area contributed by atoms with Crippen LogP contribution in [0.15, 0.2) is 41.0 Å². The van der Waals surface area contributed by atoms with Crippen LogP contribution in [0.3, 0.4) is 0 Å². The maximum Gasteiger partial charge on any atom is 0.234 e. The molecule has 1 aromatic carbocycles. The summed E-state index contributed by atoms with van der Waals surface area (Å²) in [6.07, 6.45) is 2.51. The molecule has 2 amide bonds. The fourth-order valence-corrected chi connectivity index (χ4v) is 2.56. The Labute approximate surface area is 128 Å². The molecule has 1 aliphatic heterocycles. The molecule has 0 bridgehead atoms. The monoisotopic (exact) mass is 298 g/mol. The van der Waals surface area contributed by atoms with Gasteiger partial charge in [0.05, 0.1) is 11.7 Å². The van der Waals surface area contributed by atoms with Gasteiger partial charge >= 0.3 is 0 Å². The van der Waals surface area contributed by atoms with Crippen molar-refractivity contribution in [3.05, 3.63) is 47.9 Å². The van der Waals surface area contributed by atoms with E-state index in [1.165, 1.54) is 0 Å². The summed E-state index contributed by atoms with van der Waals surface area (Å²) in [5.41, 5.74) is 1.84. The summed E-state index contributed by atoms with van der Waals surface area (Å²) in [5.74, 6) is 0.690. The van der Waals surface area contributed by atoms with E-state index in [1.54, 1.807) is 18.4 Å². The van der Waals surface area contributed by atoms with E-state index in [2.05, 4.69) is 10.6 Å². The summed E-state index contributed by atoms with van der Waals surface area (Å²) in [6.45, 7) is 3.74. The molecule has 0 aliphatic carbocycles. The summed E-state index contributed by atoms with van der Waals surface area (Å²) < 4.78 is 5.21. The summed E-state index contributed by atoms with van der Waals surface area (Å²) in [6, 6.07) is 9.13. The Morgan fingerprint density at radius 2 is 2.14 bits per heavy atom.